The standard InChI is InChI=1S/C13H10Cl2N4O3/c14-9-3-1-7(5-10(9)15)17-13(20)18-8-2-4-11(16)12(6-8)19(21)22/h1-6H,16H2,(H2,17,18,20). The molecule has 2 amide bonds. The summed E-state index contributed by atoms with van der Waals surface area (Å²) >= 11 is 11.6. The van der Waals surface area contributed by atoms with Crippen LogP contribution >= 0.6 is 23.2 Å². The van der Waals surface area contributed by atoms with Crippen molar-refractivity contribution in [3.05, 3.63) is 56.6 Å². The number of rotatable bonds is 3. The maximum Gasteiger partial charge on any atom is 0.323 e. The second-order valence-electron chi connectivity index (χ2n) is 4.24. The zero-order valence-corrected chi connectivity index (χ0v) is 12.5. The molecule has 0 aromatic heterocycles. The molecule has 2 rings (SSSR count). The molecule has 0 radical (unpaired) electrons. The third-order valence-corrected chi connectivity index (χ3v) is 3.40. The topological polar surface area (TPSA) is 110 Å². The fourth-order valence-corrected chi connectivity index (χ4v) is 1.94. The van der Waals surface area contributed by atoms with Gasteiger partial charge in [0.25, 0.3) is 5.69 Å². The van der Waals surface area contributed by atoms with E-state index >= 15 is 0 Å². The number of hydrogen-bond donors (Lipinski definition) is 3. The summed E-state index contributed by atoms with van der Waals surface area (Å²) < 4.78 is 0. The van der Waals surface area contributed by atoms with Crippen molar-refractivity contribution in [1.82, 2.24) is 0 Å². The number of benzene rings is 2. The summed E-state index contributed by atoms with van der Waals surface area (Å²) in [5, 5.41) is 16.4. The first-order valence-electron chi connectivity index (χ1n) is 5.94. The van der Waals surface area contributed by atoms with Crippen molar-refractivity contribution in [2.24, 2.45) is 0 Å². The SMILES string of the molecule is Nc1ccc(NC(=O)Nc2ccc(Cl)c(Cl)c2)cc1[N+](=O)[O-]. The Kier molecular flexibility index (Phi) is 4.69. The number of halogens is 2. The van der Waals surface area contributed by atoms with E-state index < -0.39 is 11.0 Å². The second kappa shape index (κ2) is 6.50. The lowest BCUT2D eigenvalue weighted by molar-refractivity contribution is -0.383. The number of nitro benzene ring substituents is 1. The summed E-state index contributed by atoms with van der Waals surface area (Å²) in [7, 11) is 0. The van der Waals surface area contributed by atoms with Gasteiger partial charge in [-0.2, -0.15) is 0 Å². The lowest BCUT2D eigenvalue weighted by atomic mass is 10.2. The van der Waals surface area contributed by atoms with Crippen molar-refractivity contribution < 1.29 is 9.72 Å². The van der Waals surface area contributed by atoms with Gasteiger partial charge in [-0.05, 0) is 30.3 Å². The van der Waals surface area contributed by atoms with Crippen LogP contribution < -0.4 is 16.4 Å². The Hall–Kier alpha value is -2.51. The molecule has 0 saturated carbocycles. The van der Waals surface area contributed by atoms with Gasteiger partial charge in [-0.15, -0.1) is 0 Å². The van der Waals surface area contributed by atoms with Gasteiger partial charge in [-0.25, -0.2) is 4.79 Å². The molecule has 22 heavy (non-hydrogen) atoms. The van der Waals surface area contributed by atoms with Gasteiger partial charge in [-0.1, -0.05) is 23.2 Å². The van der Waals surface area contributed by atoms with Crippen LogP contribution in [-0.2, 0) is 0 Å². The van der Waals surface area contributed by atoms with Crippen LogP contribution in [0, 0.1) is 10.1 Å². The van der Waals surface area contributed by atoms with Gasteiger partial charge in [-0.3, -0.25) is 10.1 Å². The van der Waals surface area contributed by atoms with Crippen LogP contribution in [0.4, 0.5) is 27.5 Å². The van der Waals surface area contributed by atoms with E-state index in [1.54, 1.807) is 6.07 Å². The van der Waals surface area contributed by atoms with Gasteiger partial charge in [0.1, 0.15) is 5.69 Å². The first kappa shape index (κ1) is 15.9. The molecule has 0 aliphatic rings. The second-order valence-corrected chi connectivity index (χ2v) is 5.05. The minimum Gasteiger partial charge on any atom is -0.393 e. The molecule has 114 valence electrons. The van der Waals surface area contributed by atoms with E-state index in [1.807, 2.05) is 0 Å². The minimum absolute atomic E-state index is 0.0143. The molecular weight excluding hydrogens is 331 g/mol. The number of nitrogens with zero attached hydrogens (tertiary/aromatic N) is 1. The van der Waals surface area contributed by atoms with Gasteiger partial charge >= 0.3 is 6.03 Å². The smallest absolute Gasteiger partial charge is 0.323 e. The van der Waals surface area contributed by atoms with Gasteiger partial charge in [0.05, 0.1) is 15.0 Å². The number of nitrogens with two attached hydrogens (primary N) is 1. The summed E-state index contributed by atoms with van der Waals surface area (Å²) in [6.07, 6.45) is 0. The number of hydrogen-bond acceptors (Lipinski definition) is 4. The molecule has 2 aromatic rings. The van der Waals surface area contributed by atoms with E-state index in [0.717, 1.165) is 0 Å². The van der Waals surface area contributed by atoms with Crippen molar-refractivity contribution in [3.63, 3.8) is 0 Å². The number of anilines is 3. The predicted octanol–water partition coefficient (Wildman–Crippen LogP) is 4.13. The highest BCUT2D eigenvalue weighted by Gasteiger charge is 2.13. The monoisotopic (exact) mass is 340 g/mol. The Morgan fingerprint density at radius 3 is 2.23 bits per heavy atom. The zero-order valence-electron chi connectivity index (χ0n) is 11.0. The van der Waals surface area contributed by atoms with Crippen LogP contribution in [0.2, 0.25) is 10.0 Å². The highest BCUT2D eigenvalue weighted by Crippen LogP contribution is 2.26. The van der Waals surface area contributed by atoms with Crippen LogP contribution in [0.3, 0.4) is 0 Å². The third kappa shape index (κ3) is 3.78. The van der Waals surface area contributed by atoms with Crippen molar-refractivity contribution >= 4 is 52.0 Å². The molecule has 0 atom stereocenters. The molecule has 0 unspecified atom stereocenters. The fraction of sp³-hybridized carbons (Fsp3) is 0. The number of nitro groups is 1. The lowest BCUT2D eigenvalue weighted by Crippen LogP contribution is -2.19. The molecule has 7 nitrogen and oxygen atoms in total. The molecule has 0 fully saturated rings. The molecule has 2 aromatic carbocycles. The highest BCUT2D eigenvalue weighted by molar-refractivity contribution is 6.42. The Bertz CT molecular complexity index is 752. The Morgan fingerprint density at radius 2 is 1.64 bits per heavy atom. The first-order valence-corrected chi connectivity index (χ1v) is 6.69. The predicted molar refractivity (Wildman–Crippen MR) is 86.6 cm³/mol. The first-order chi connectivity index (χ1) is 10.4. The van der Waals surface area contributed by atoms with Crippen LogP contribution in [-0.4, -0.2) is 11.0 Å². The van der Waals surface area contributed by atoms with Crippen LogP contribution in [0.1, 0.15) is 0 Å². The Balaban J connectivity index is 2.10. The molecule has 0 heterocycles. The van der Waals surface area contributed by atoms with Gasteiger partial charge in [0.2, 0.25) is 0 Å². The highest BCUT2D eigenvalue weighted by atomic mass is 35.5. The Morgan fingerprint density at radius 1 is 1.05 bits per heavy atom. The molecule has 0 bridgehead atoms. The lowest BCUT2D eigenvalue weighted by Gasteiger charge is -2.09. The molecule has 0 saturated heterocycles. The van der Waals surface area contributed by atoms with Crippen LogP contribution in [0.25, 0.3) is 0 Å². The van der Waals surface area contributed by atoms with Gasteiger partial charge in [0.15, 0.2) is 0 Å². The minimum atomic E-state index is -0.628. The summed E-state index contributed by atoms with van der Waals surface area (Å²) in [6, 6.07) is 7.97. The summed E-state index contributed by atoms with van der Waals surface area (Å²) in [5.74, 6) is 0. The number of urea groups is 1. The number of carbonyl (C=O) groups is 1. The molecule has 4 N–H and O–H groups in total. The third-order valence-electron chi connectivity index (χ3n) is 2.66. The summed E-state index contributed by atoms with van der Waals surface area (Å²) in [4.78, 5) is 22.0. The number of amides is 2. The van der Waals surface area contributed by atoms with Gasteiger partial charge in [0, 0.05) is 17.4 Å². The molecule has 0 aliphatic heterocycles. The average Bonchev–Trinajstić information content (AvgIpc) is 2.44. The van der Waals surface area contributed by atoms with Crippen molar-refractivity contribution in [1.29, 1.82) is 0 Å². The summed E-state index contributed by atoms with van der Waals surface area (Å²) in [5.41, 5.74) is 5.87. The number of carbonyl (C=O) groups excluding carboxylic acids is 1. The van der Waals surface area contributed by atoms with Crippen molar-refractivity contribution in [2.45, 2.75) is 0 Å². The van der Waals surface area contributed by atoms with E-state index in [-0.39, 0.29) is 17.1 Å². The van der Waals surface area contributed by atoms with Crippen molar-refractivity contribution in [3.8, 4) is 0 Å². The average molecular weight is 341 g/mol. The van der Waals surface area contributed by atoms with Crippen molar-refractivity contribution in [2.75, 3.05) is 16.4 Å². The normalized spacial score (nSPS) is 10.1. The fourth-order valence-electron chi connectivity index (χ4n) is 1.65. The maximum absolute atomic E-state index is 11.8. The van der Waals surface area contributed by atoms with Crippen LogP contribution in [0.5, 0.6) is 0 Å². The maximum atomic E-state index is 11.8. The number of nitrogen functional groups attached to an aromatic ring is 1. The van der Waals surface area contributed by atoms with E-state index in [1.165, 1.54) is 30.3 Å². The molecule has 9 heteroatoms. The van der Waals surface area contributed by atoms with Gasteiger partial charge < -0.3 is 16.4 Å². The quantitative estimate of drug-likeness (QED) is 0.443. The molecule has 0 spiro atoms. The van der Waals surface area contributed by atoms with E-state index in [2.05, 4.69) is 10.6 Å². The molecular formula is C13H10Cl2N4O3. The Labute approximate surface area is 135 Å². The molecule has 0 aliphatic carbocycles. The summed E-state index contributed by atoms with van der Waals surface area (Å²) in [6.45, 7) is 0. The largest absolute Gasteiger partial charge is 0.393 e. The van der Waals surface area contributed by atoms with E-state index in [0.29, 0.717) is 15.7 Å². The van der Waals surface area contributed by atoms with Crippen LogP contribution in [0.15, 0.2) is 36.4 Å². The van der Waals surface area contributed by atoms with E-state index in [4.69, 9.17) is 28.9 Å². The van der Waals surface area contributed by atoms with E-state index in [9.17, 15) is 14.9 Å². The number of nitrogens with one attached hydrogen (secondary N) is 2. The zero-order chi connectivity index (χ0) is 16.3.